The van der Waals surface area contributed by atoms with Crippen LogP contribution in [-0.4, -0.2) is 27.0 Å². The minimum absolute atomic E-state index is 0.000444. The maximum absolute atomic E-state index is 11.5. The van der Waals surface area contributed by atoms with Gasteiger partial charge in [-0.2, -0.15) is 0 Å². The lowest BCUT2D eigenvalue weighted by molar-refractivity contribution is -0.136. The Hall–Kier alpha value is -1.77. The maximum Gasteiger partial charge on any atom is 0.384 e. The van der Waals surface area contributed by atoms with Crippen molar-refractivity contribution >= 4 is 14.3 Å². The summed E-state index contributed by atoms with van der Waals surface area (Å²) in [6.07, 6.45) is 7.58. The number of carbonyl (C=O) groups excluding carboxylic acids is 1. The first-order valence-electron chi connectivity index (χ1n) is 9.32. The van der Waals surface area contributed by atoms with Gasteiger partial charge in [0, 0.05) is 12.3 Å². The molecule has 5 heteroatoms. The maximum atomic E-state index is 11.5. The van der Waals surface area contributed by atoms with Crippen LogP contribution in [0.2, 0.25) is 19.6 Å². The van der Waals surface area contributed by atoms with E-state index in [-0.39, 0.29) is 11.5 Å². The standard InChI is InChI=1S/C21H30O4Si/c1-6-23-20(22)11-7-10-18-19(25-26(3,4)5)13-15-21(18,2)14-12-17-9-8-16-24-17/h8-10,16,19H,6,12-15H2,1-5H3/b18-10-/t19-,21+/m0/s1. The molecule has 1 aliphatic rings. The summed E-state index contributed by atoms with van der Waals surface area (Å²) in [6.45, 7) is 11.0. The van der Waals surface area contributed by atoms with E-state index in [1.54, 1.807) is 13.2 Å². The highest BCUT2D eigenvalue weighted by molar-refractivity contribution is 6.69. The van der Waals surface area contributed by atoms with Crippen molar-refractivity contribution in [1.29, 1.82) is 0 Å². The SMILES string of the molecule is CCOC(=O)C#C/C=C1/[C@@H](O[Si](C)(C)C)CC[C@@]1(C)CCc1ccco1. The van der Waals surface area contributed by atoms with Crippen LogP contribution < -0.4 is 0 Å². The first-order chi connectivity index (χ1) is 12.2. The summed E-state index contributed by atoms with van der Waals surface area (Å²) in [6, 6.07) is 3.93. The van der Waals surface area contributed by atoms with Crippen LogP contribution in [0.5, 0.6) is 0 Å². The van der Waals surface area contributed by atoms with Gasteiger partial charge in [0.05, 0.1) is 19.0 Å². The Morgan fingerprint density at radius 1 is 1.46 bits per heavy atom. The van der Waals surface area contributed by atoms with Crippen molar-refractivity contribution in [3.63, 3.8) is 0 Å². The fourth-order valence-electron chi connectivity index (χ4n) is 3.42. The van der Waals surface area contributed by atoms with Crippen molar-refractivity contribution in [2.45, 2.75) is 65.3 Å². The zero-order chi connectivity index (χ0) is 19.2. The average Bonchev–Trinajstić information content (AvgIpc) is 3.15. The Morgan fingerprint density at radius 3 is 2.85 bits per heavy atom. The van der Waals surface area contributed by atoms with Gasteiger partial charge in [-0.1, -0.05) is 12.8 Å². The molecule has 142 valence electrons. The van der Waals surface area contributed by atoms with E-state index in [0.29, 0.717) is 6.61 Å². The van der Waals surface area contributed by atoms with Crippen LogP contribution in [0.1, 0.15) is 38.9 Å². The second kappa shape index (κ2) is 8.74. The van der Waals surface area contributed by atoms with E-state index in [1.807, 2.05) is 18.2 Å². The molecule has 0 aromatic carbocycles. The van der Waals surface area contributed by atoms with Gasteiger partial charge in [0.25, 0.3) is 0 Å². The van der Waals surface area contributed by atoms with E-state index in [9.17, 15) is 4.79 Å². The number of hydrogen-bond donors (Lipinski definition) is 0. The summed E-state index contributed by atoms with van der Waals surface area (Å²) in [5.41, 5.74) is 1.20. The van der Waals surface area contributed by atoms with Crippen LogP contribution in [0.3, 0.4) is 0 Å². The lowest BCUT2D eigenvalue weighted by Gasteiger charge is -2.30. The lowest BCUT2D eigenvalue weighted by Crippen LogP contribution is -2.32. The molecule has 1 aromatic heterocycles. The summed E-state index contributed by atoms with van der Waals surface area (Å²) >= 11 is 0. The molecule has 0 aliphatic heterocycles. The topological polar surface area (TPSA) is 48.7 Å². The molecule has 0 radical (unpaired) electrons. The quantitative estimate of drug-likeness (QED) is 0.313. The monoisotopic (exact) mass is 374 g/mol. The number of furan rings is 1. The molecule has 0 unspecified atom stereocenters. The Bertz CT molecular complexity index is 688. The first kappa shape index (κ1) is 20.5. The van der Waals surface area contributed by atoms with Gasteiger partial charge >= 0.3 is 5.97 Å². The predicted octanol–water partition coefficient (Wildman–Crippen LogP) is 4.73. The Morgan fingerprint density at radius 2 is 2.23 bits per heavy atom. The molecule has 1 saturated carbocycles. The van der Waals surface area contributed by atoms with Crippen LogP contribution in [-0.2, 0) is 20.4 Å². The van der Waals surface area contributed by atoms with Crippen LogP contribution in [0, 0.1) is 17.3 Å². The Balaban J connectivity index is 2.20. The van der Waals surface area contributed by atoms with Gasteiger partial charge in [0.2, 0.25) is 0 Å². The molecular weight excluding hydrogens is 344 g/mol. The predicted molar refractivity (Wildman–Crippen MR) is 105 cm³/mol. The van der Waals surface area contributed by atoms with Crippen molar-refractivity contribution in [1.82, 2.24) is 0 Å². The van der Waals surface area contributed by atoms with E-state index in [0.717, 1.165) is 31.4 Å². The highest BCUT2D eigenvalue weighted by atomic mass is 28.4. The Kier molecular flexibility index (Phi) is 6.91. The summed E-state index contributed by atoms with van der Waals surface area (Å²) in [4.78, 5) is 11.5. The highest BCUT2D eigenvalue weighted by Crippen LogP contribution is 2.47. The molecule has 0 spiro atoms. The van der Waals surface area contributed by atoms with E-state index >= 15 is 0 Å². The van der Waals surface area contributed by atoms with Crippen LogP contribution in [0.4, 0.5) is 0 Å². The largest absolute Gasteiger partial charge is 0.469 e. The van der Waals surface area contributed by atoms with Crippen molar-refractivity contribution in [2.75, 3.05) is 6.61 Å². The van der Waals surface area contributed by atoms with E-state index < -0.39 is 14.3 Å². The number of rotatable bonds is 6. The minimum atomic E-state index is -1.68. The molecule has 1 aliphatic carbocycles. The molecule has 1 fully saturated rings. The molecule has 0 N–H and O–H groups in total. The fraction of sp³-hybridized carbons (Fsp3) is 0.571. The van der Waals surface area contributed by atoms with Crippen LogP contribution in [0.25, 0.3) is 0 Å². The van der Waals surface area contributed by atoms with Gasteiger partial charge in [-0.05, 0) is 75.0 Å². The third kappa shape index (κ3) is 5.89. The van der Waals surface area contributed by atoms with Gasteiger partial charge in [-0.15, -0.1) is 0 Å². The van der Waals surface area contributed by atoms with Crippen molar-refractivity contribution in [3.8, 4) is 11.8 Å². The van der Waals surface area contributed by atoms with Crippen molar-refractivity contribution in [2.24, 2.45) is 5.41 Å². The molecule has 1 aromatic rings. The molecule has 26 heavy (non-hydrogen) atoms. The van der Waals surface area contributed by atoms with Gasteiger partial charge in [-0.25, -0.2) is 4.79 Å². The number of allylic oxidation sites excluding steroid dienone is 1. The summed E-state index contributed by atoms with van der Waals surface area (Å²) < 4.78 is 16.8. The first-order valence-corrected chi connectivity index (χ1v) is 12.7. The normalized spacial score (nSPS) is 24.3. The average molecular weight is 375 g/mol. The summed E-state index contributed by atoms with van der Waals surface area (Å²) in [5, 5.41) is 0. The molecule has 2 rings (SSSR count). The number of ether oxygens (including phenoxy) is 1. The summed E-state index contributed by atoms with van der Waals surface area (Å²) in [7, 11) is -1.68. The zero-order valence-corrected chi connectivity index (χ0v) is 17.6. The van der Waals surface area contributed by atoms with Crippen LogP contribution >= 0.6 is 0 Å². The number of aryl methyl sites for hydroxylation is 1. The van der Waals surface area contributed by atoms with Crippen molar-refractivity contribution in [3.05, 3.63) is 35.8 Å². The second-order valence-corrected chi connectivity index (χ2v) is 12.4. The fourth-order valence-corrected chi connectivity index (χ4v) is 4.52. The smallest absolute Gasteiger partial charge is 0.384 e. The highest BCUT2D eigenvalue weighted by Gasteiger charge is 2.41. The zero-order valence-electron chi connectivity index (χ0n) is 16.6. The number of carbonyl (C=O) groups is 1. The molecule has 1 heterocycles. The molecular formula is C21H30O4Si. The third-order valence-corrected chi connectivity index (χ3v) is 5.67. The van der Waals surface area contributed by atoms with Gasteiger partial charge in [0.1, 0.15) is 5.76 Å². The van der Waals surface area contributed by atoms with E-state index in [4.69, 9.17) is 13.6 Å². The molecule has 0 saturated heterocycles. The molecule has 0 amide bonds. The van der Waals surface area contributed by atoms with Crippen LogP contribution in [0.15, 0.2) is 34.5 Å². The lowest BCUT2D eigenvalue weighted by atomic mass is 9.79. The van der Waals surface area contributed by atoms with E-state index in [2.05, 4.69) is 38.4 Å². The minimum Gasteiger partial charge on any atom is -0.469 e. The molecule has 0 bridgehead atoms. The Labute approximate surface area is 158 Å². The molecule has 2 atom stereocenters. The third-order valence-electron chi connectivity index (χ3n) is 4.68. The summed E-state index contributed by atoms with van der Waals surface area (Å²) in [5.74, 6) is 5.97. The molecule has 4 nitrogen and oxygen atoms in total. The second-order valence-electron chi connectivity index (χ2n) is 7.99. The van der Waals surface area contributed by atoms with Gasteiger partial charge in [0.15, 0.2) is 8.32 Å². The number of esters is 1. The van der Waals surface area contributed by atoms with Gasteiger partial charge < -0.3 is 13.6 Å². The van der Waals surface area contributed by atoms with E-state index in [1.165, 1.54) is 5.57 Å². The number of hydrogen-bond acceptors (Lipinski definition) is 4. The van der Waals surface area contributed by atoms with Gasteiger partial charge in [-0.3, -0.25) is 0 Å². The van der Waals surface area contributed by atoms with Crippen molar-refractivity contribution < 1.29 is 18.4 Å².